The van der Waals surface area contributed by atoms with E-state index < -0.39 is 6.10 Å². The number of hydrogen-bond acceptors (Lipinski definition) is 7. The summed E-state index contributed by atoms with van der Waals surface area (Å²) in [4.78, 5) is 22.7. The van der Waals surface area contributed by atoms with Crippen LogP contribution in [0.2, 0.25) is 0 Å². The van der Waals surface area contributed by atoms with E-state index in [0.29, 0.717) is 18.4 Å². The standard InChI is InChI=1S/C22H27N3O3S/c1-24-8-10-25(11-9-24)12-15-18(26)7-6-14-20(27)16(13-28-21(14)15)22-23-17-4-2-3-5-19(17)29-22/h2-5,13-15,18,21,26H,6-12H2,1H3. The number of aliphatic hydroxyl groups excluding tert-OH is 1. The first kappa shape index (κ1) is 19.2. The number of Topliss-reactive ketones (excluding diaryl/α,β-unsaturated/α-hetero) is 1. The maximum absolute atomic E-state index is 13.3. The normalized spacial score (nSPS) is 31.4. The summed E-state index contributed by atoms with van der Waals surface area (Å²) in [6.45, 7) is 4.86. The zero-order valence-corrected chi connectivity index (χ0v) is 17.5. The van der Waals surface area contributed by atoms with Crippen molar-refractivity contribution in [1.82, 2.24) is 14.8 Å². The Morgan fingerprint density at radius 1 is 1.21 bits per heavy atom. The molecule has 1 aliphatic carbocycles. The van der Waals surface area contributed by atoms with Crippen LogP contribution in [-0.4, -0.2) is 77.7 Å². The number of aliphatic hydroxyl groups is 1. The number of benzene rings is 1. The molecule has 29 heavy (non-hydrogen) atoms. The largest absolute Gasteiger partial charge is 0.496 e. The number of carbonyl (C=O) groups is 1. The van der Waals surface area contributed by atoms with Crippen LogP contribution in [0.4, 0.5) is 0 Å². The van der Waals surface area contributed by atoms with Gasteiger partial charge in [0.2, 0.25) is 0 Å². The van der Waals surface area contributed by atoms with Gasteiger partial charge in [-0.3, -0.25) is 4.79 Å². The van der Waals surface area contributed by atoms with Crippen molar-refractivity contribution in [2.24, 2.45) is 11.8 Å². The predicted octanol–water partition coefficient (Wildman–Crippen LogP) is 2.24. The van der Waals surface area contributed by atoms with Crippen LogP contribution < -0.4 is 0 Å². The number of thiazole rings is 1. The van der Waals surface area contributed by atoms with Gasteiger partial charge in [0.1, 0.15) is 11.1 Å². The number of rotatable bonds is 3. The molecule has 7 heteroatoms. The minimum absolute atomic E-state index is 0.0331. The highest BCUT2D eigenvalue weighted by Crippen LogP contribution is 2.41. The molecule has 5 rings (SSSR count). The Bertz CT molecular complexity index is 901. The molecule has 1 aromatic carbocycles. The maximum Gasteiger partial charge on any atom is 0.175 e. The highest BCUT2D eigenvalue weighted by atomic mass is 32.1. The summed E-state index contributed by atoms with van der Waals surface area (Å²) in [6, 6.07) is 7.94. The summed E-state index contributed by atoms with van der Waals surface area (Å²) in [5.74, 6) is -0.104. The Kier molecular flexibility index (Phi) is 5.16. The first-order valence-electron chi connectivity index (χ1n) is 10.4. The first-order valence-corrected chi connectivity index (χ1v) is 11.3. The third kappa shape index (κ3) is 3.61. The molecule has 154 valence electrons. The quantitative estimate of drug-likeness (QED) is 0.833. The lowest BCUT2D eigenvalue weighted by molar-refractivity contribution is -0.133. The number of aromatic nitrogens is 1. The Morgan fingerprint density at radius 3 is 2.79 bits per heavy atom. The van der Waals surface area contributed by atoms with Crippen LogP contribution >= 0.6 is 11.3 Å². The van der Waals surface area contributed by atoms with Gasteiger partial charge in [-0.1, -0.05) is 12.1 Å². The van der Waals surface area contributed by atoms with Crippen molar-refractivity contribution in [1.29, 1.82) is 0 Å². The number of ketones is 1. The van der Waals surface area contributed by atoms with Crippen LogP contribution in [-0.2, 0) is 9.53 Å². The van der Waals surface area contributed by atoms with E-state index in [4.69, 9.17) is 4.74 Å². The number of likely N-dealkylation sites (N-methyl/N-ethyl adjacent to an activating group) is 1. The van der Waals surface area contributed by atoms with Crippen LogP contribution in [0.3, 0.4) is 0 Å². The lowest BCUT2D eigenvalue weighted by atomic mass is 9.72. The molecule has 2 aliphatic heterocycles. The van der Waals surface area contributed by atoms with Crippen molar-refractivity contribution in [3.8, 4) is 0 Å². The molecule has 0 amide bonds. The van der Waals surface area contributed by atoms with Crippen molar-refractivity contribution in [3.05, 3.63) is 35.5 Å². The molecule has 6 nitrogen and oxygen atoms in total. The second kappa shape index (κ2) is 7.80. The SMILES string of the molecule is CN1CCN(CC2C(O)CCC3C(=O)C(c4nc5ccccc5s4)=COC32)CC1. The molecule has 1 saturated heterocycles. The van der Waals surface area contributed by atoms with Crippen molar-refractivity contribution in [2.45, 2.75) is 25.0 Å². The van der Waals surface area contributed by atoms with Crippen LogP contribution in [0, 0.1) is 11.8 Å². The number of ether oxygens (including phenoxy) is 1. The van der Waals surface area contributed by atoms with Crippen molar-refractivity contribution in [3.63, 3.8) is 0 Å². The van der Waals surface area contributed by atoms with Crippen LogP contribution in [0.5, 0.6) is 0 Å². The number of piperazine rings is 1. The molecule has 3 heterocycles. The second-order valence-electron chi connectivity index (χ2n) is 8.50. The molecule has 1 N–H and O–H groups in total. The number of carbonyl (C=O) groups excluding carboxylic acids is 1. The molecule has 0 radical (unpaired) electrons. The van der Waals surface area contributed by atoms with E-state index in [1.54, 1.807) is 6.26 Å². The van der Waals surface area contributed by atoms with E-state index in [2.05, 4.69) is 21.8 Å². The fourth-order valence-corrected chi connectivity index (χ4v) is 5.80. The van der Waals surface area contributed by atoms with Crippen molar-refractivity contribution in [2.75, 3.05) is 39.8 Å². The minimum atomic E-state index is -0.416. The first-order chi connectivity index (χ1) is 14.1. The Hall–Kier alpha value is -1.80. The number of allylic oxidation sites excluding steroid dienone is 1. The molecule has 4 atom stereocenters. The summed E-state index contributed by atoms with van der Waals surface area (Å²) >= 11 is 1.53. The topological polar surface area (TPSA) is 65.9 Å². The Morgan fingerprint density at radius 2 is 2.00 bits per heavy atom. The summed E-state index contributed by atoms with van der Waals surface area (Å²) in [5, 5.41) is 11.4. The zero-order chi connectivity index (χ0) is 20.0. The Balaban J connectivity index is 1.37. The van der Waals surface area contributed by atoms with E-state index in [1.807, 2.05) is 24.3 Å². The van der Waals surface area contributed by atoms with Gasteiger partial charge in [0.05, 0.1) is 34.1 Å². The molecule has 4 unspecified atom stereocenters. The smallest absolute Gasteiger partial charge is 0.175 e. The number of para-hydroxylation sites is 1. The van der Waals surface area contributed by atoms with Gasteiger partial charge >= 0.3 is 0 Å². The van der Waals surface area contributed by atoms with Crippen LogP contribution in [0.25, 0.3) is 15.8 Å². The average Bonchev–Trinajstić information content (AvgIpc) is 3.16. The summed E-state index contributed by atoms with van der Waals surface area (Å²) in [5.41, 5.74) is 1.50. The third-order valence-electron chi connectivity index (χ3n) is 6.62. The van der Waals surface area contributed by atoms with Crippen molar-refractivity contribution < 1.29 is 14.6 Å². The Labute approximate surface area is 174 Å². The summed E-state index contributed by atoms with van der Waals surface area (Å²) in [6.07, 6.45) is 2.27. The molecular formula is C22H27N3O3S. The highest BCUT2D eigenvalue weighted by Gasteiger charge is 2.47. The van der Waals surface area contributed by atoms with Crippen LogP contribution in [0.15, 0.2) is 30.5 Å². The maximum atomic E-state index is 13.3. The van der Waals surface area contributed by atoms with Gasteiger partial charge in [-0.25, -0.2) is 4.98 Å². The number of hydrogen-bond donors (Lipinski definition) is 1. The van der Waals surface area contributed by atoms with Gasteiger partial charge < -0.3 is 19.6 Å². The zero-order valence-electron chi connectivity index (χ0n) is 16.7. The lowest BCUT2D eigenvalue weighted by Crippen LogP contribution is -2.54. The van der Waals surface area contributed by atoms with Gasteiger partial charge in [0.15, 0.2) is 5.78 Å². The van der Waals surface area contributed by atoms with Gasteiger partial charge in [0, 0.05) is 38.6 Å². The summed E-state index contributed by atoms with van der Waals surface area (Å²) < 4.78 is 7.22. The molecule has 2 fully saturated rings. The van der Waals surface area contributed by atoms with Gasteiger partial charge in [-0.2, -0.15) is 0 Å². The summed E-state index contributed by atoms with van der Waals surface area (Å²) in [7, 11) is 2.14. The second-order valence-corrected chi connectivity index (χ2v) is 9.53. The van der Waals surface area contributed by atoms with Crippen molar-refractivity contribution >= 4 is 32.9 Å². The number of nitrogens with zero attached hydrogens (tertiary/aromatic N) is 3. The molecule has 0 bridgehead atoms. The van der Waals surface area contributed by atoms with Gasteiger partial charge in [0.25, 0.3) is 0 Å². The van der Waals surface area contributed by atoms with Gasteiger partial charge in [-0.15, -0.1) is 11.3 Å². The van der Waals surface area contributed by atoms with E-state index in [1.165, 1.54) is 11.3 Å². The third-order valence-corrected chi connectivity index (χ3v) is 7.69. The van der Waals surface area contributed by atoms with Crippen LogP contribution in [0.1, 0.15) is 17.8 Å². The monoisotopic (exact) mass is 413 g/mol. The van der Waals surface area contributed by atoms with E-state index in [-0.39, 0.29) is 23.7 Å². The predicted molar refractivity (Wildman–Crippen MR) is 114 cm³/mol. The molecule has 1 saturated carbocycles. The average molecular weight is 414 g/mol. The molecule has 3 aliphatic rings. The lowest BCUT2D eigenvalue weighted by Gasteiger charge is -2.44. The van der Waals surface area contributed by atoms with E-state index >= 15 is 0 Å². The number of fused-ring (bicyclic) bond motifs is 2. The molecule has 2 aromatic rings. The van der Waals surface area contributed by atoms with Gasteiger partial charge in [-0.05, 0) is 32.0 Å². The van der Waals surface area contributed by atoms with E-state index in [0.717, 1.165) is 47.9 Å². The van der Waals surface area contributed by atoms with E-state index in [9.17, 15) is 9.90 Å². The highest BCUT2D eigenvalue weighted by molar-refractivity contribution is 7.19. The molecule has 0 spiro atoms. The molecule has 1 aromatic heterocycles. The molecular weight excluding hydrogens is 386 g/mol. The fraction of sp³-hybridized carbons (Fsp3) is 0.545. The fourth-order valence-electron chi connectivity index (χ4n) is 4.82. The minimum Gasteiger partial charge on any atom is -0.496 e.